The number of likely N-dealkylation sites (N-methyl/N-ethyl adjacent to an activating group) is 1. The maximum atomic E-state index is 14.7. The van der Waals surface area contributed by atoms with E-state index >= 15 is 0 Å². The highest BCUT2D eigenvalue weighted by Gasteiger charge is 2.33. The number of hydrogen-bond acceptors (Lipinski definition) is 5. The standard InChI is InChI=1S/C28H32FN3O5S/c1-20-14-15-26(37-3)24(16-20)32(38(4,35)36)19-27(33)31(18-22-12-8-9-13-23(22)29)25(28(34)30-2)17-21-10-6-5-7-11-21/h5-16,25H,17-19H2,1-4H3,(H,30,34). The molecule has 0 aromatic heterocycles. The van der Waals surface area contributed by atoms with E-state index in [0.717, 1.165) is 21.7 Å². The van der Waals surface area contributed by atoms with Gasteiger partial charge in [0.15, 0.2) is 0 Å². The maximum absolute atomic E-state index is 14.7. The van der Waals surface area contributed by atoms with Crippen molar-refractivity contribution in [1.29, 1.82) is 0 Å². The minimum Gasteiger partial charge on any atom is -0.495 e. The van der Waals surface area contributed by atoms with Crippen molar-refractivity contribution in [3.63, 3.8) is 0 Å². The fraction of sp³-hybridized carbons (Fsp3) is 0.286. The van der Waals surface area contributed by atoms with Gasteiger partial charge >= 0.3 is 0 Å². The number of sulfonamides is 1. The number of rotatable bonds is 11. The first kappa shape index (κ1) is 28.6. The molecule has 8 nitrogen and oxygen atoms in total. The topological polar surface area (TPSA) is 96.0 Å². The molecule has 1 N–H and O–H groups in total. The van der Waals surface area contributed by atoms with Gasteiger partial charge in [-0.1, -0.05) is 54.6 Å². The summed E-state index contributed by atoms with van der Waals surface area (Å²) in [5.41, 5.74) is 1.93. The summed E-state index contributed by atoms with van der Waals surface area (Å²) in [6.45, 7) is 0.936. The molecule has 0 bridgehead atoms. The predicted octanol–water partition coefficient (Wildman–Crippen LogP) is 3.29. The Bertz CT molecular complexity index is 1380. The lowest BCUT2D eigenvalue weighted by molar-refractivity contribution is -0.139. The first-order chi connectivity index (χ1) is 18.0. The van der Waals surface area contributed by atoms with Gasteiger partial charge in [-0.2, -0.15) is 0 Å². The number of halogens is 1. The number of aryl methyl sites for hydroxylation is 1. The monoisotopic (exact) mass is 541 g/mol. The van der Waals surface area contributed by atoms with Crippen LogP contribution in [0.1, 0.15) is 16.7 Å². The van der Waals surface area contributed by atoms with Crippen LogP contribution >= 0.6 is 0 Å². The van der Waals surface area contributed by atoms with Gasteiger partial charge in [0.1, 0.15) is 24.2 Å². The molecule has 3 aromatic carbocycles. The number of carbonyl (C=O) groups excluding carboxylic acids is 2. The van der Waals surface area contributed by atoms with Crippen LogP contribution in [0, 0.1) is 12.7 Å². The van der Waals surface area contributed by atoms with E-state index in [0.29, 0.717) is 0 Å². The molecule has 3 aromatic rings. The zero-order valence-corrected chi connectivity index (χ0v) is 22.7. The van der Waals surface area contributed by atoms with Gasteiger partial charge in [0.25, 0.3) is 0 Å². The molecule has 0 saturated heterocycles. The number of carbonyl (C=O) groups is 2. The van der Waals surface area contributed by atoms with Crippen LogP contribution in [0.2, 0.25) is 0 Å². The van der Waals surface area contributed by atoms with Gasteiger partial charge in [0.05, 0.1) is 19.1 Å². The average Bonchev–Trinajstić information content (AvgIpc) is 2.89. The molecule has 202 valence electrons. The van der Waals surface area contributed by atoms with E-state index in [4.69, 9.17) is 4.74 Å². The fourth-order valence-electron chi connectivity index (χ4n) is 4.12. The Kier molecular flexibility index (Phi) is 9.46. The molecule has 0 spiro atoms. The Labute approximate surface area is 223 Å². The van der Waals surface area contributed by atoms with Crippen LogP contribution in [0.4, 0.5) is 10.1 Å². The Morgan fingerprint density at radius 3 is 2.29 bits per heavy atom. The minimum absolute atomic E-state index is 0.146. The van der Waals surface area contributed by atoms with Crippen molar-refractivity contribution in [2.45, 2.75) is 25.9 Å². The SMILES string of the molecule is CNC(=O)C(Cc1ccccc1)N(Cc1ccccc1F)C(=O)CN(c1cc(C)ccc1OC)S(C)(=O)=O. The highest BCUT2D eigenvalue weighted by molar-refractivity contribution is 7.92. The number of hydrogen-bond donors (Lipinski definition) is 1. The number of benzene rings is 3. The van der Waals surface area contributed by atoms with Gasteiger partial charge in [-0.05, 0) is 36.2 Å². The minimum atomic E-state index is -3.96. The third-order valence-electron chi connectivity index (χ3n) is 6.10. The normalized spacial score (nSPS) is 11.9. The van der Waals surface area contributed by atoms with E-state index in [-0.39, 0.29) is 30.0 Å². The van der Waals surface area contributed by atoms with Crippen LogP contribution in [0.15, 0.2) is 72.8 Å². The second-order valence-electron chi connectivity index (χ2n) is 8.88. The third-order valence-corrected chi connectivity index (χ3v) is 7.22. The maximum Gasteiger partial charge on any atom is 0.244 e. The van der Waals surface area contributed by atoms with Gasteiger partial charge in [-0.15, -0.1) is 0 Å². The smallest absolute Gasteiger partial charge is 0.244 e. The average molecular weight is 542 g/mol. The summed E-state index contributed by atoms with van der Waals surface area (Å²) in [6, 6.07) is 19.0. The van der Waals surface area contributed by atoms with Gasteiger partial charge in [-0.25, -0.2) is 12.8 Å². The van der Waals surface area contributed by atoms with E-state index in [9.17, 15) is 22.4 Å². The van der Waals surface area contributed by atoms with Gasteiger partial charge in [0, 0.05) is 25.6 Å². The van der Waals surface area contributed by atoms with Crippen LogP contribution < -0.4 is 14.4 Å². The molecule has 0 aliphatic rings. The van der Waals surface area contributed by atoms with Gasteiger partial charge in [0.2, 0.25) is 21.8 Å². The van der Waals surface area contributed by atoms with Crippen LogP contribution in [-0.4, -0.2) is 58.1 Å². The summed E-state index contributed by atoms with van der Waals surface area (Å²) >= 11 is 0. The molecular formula is C28H32FN3O5S. The van der Waals surface area contributed by atoms with E-state index in [1.54, 1.807) is 31.2 Å². The van der Waals surface area contributed by atoms with Gasteiger partial charge < -0.3 is 15.0 Å². The number of amides is 2. The third kappa shape index (κ3) is 7.10. The van der Waals surface area contributed by atoms with Crippen molar-refractivity contribution in [2.75, 3.05) is 31.3 Å². The highest BCUT2D eigenvalue weighted by Crippen LogP contribution is 2.31. The van der Waals surface area contributed by atoms with Crippen molar-refractivity contribution in [2.24, 2.45) is 0 Å². The molecule has 3 rings (SSSR count). The molecule has 0 saturated carbocycles. The summed E-state index contributed by atoms with van der Waals surface area (Å²) in [4.78, 5) is 28.2. The van der Waals surface area contributed by atoms with Crippen molar-refractivity contribution in [1.82, 2.24) is 10.2 Å². The molecule has 10 heteroatoms. The molecular weight excluding hydrogens is 509 g/mol. The molecule has 0 radical (unpaired) electrons. The molecule has 0 aliphatic carbocycles. The van der Waals surface area contributed by atoms with Crippen LogP contribution in [-0.2, 0) is 32.6 Å². The molecule has 2 amide bonds. The van der Waals surface area contributed by atoms with Crippen molar-refractivity contribution in [3.05, 3.63) is 95.3 Å². The lowest BCUT2D eigenvalue weighted by Gasteiger charge is -2.33. The first-order valence-electron chi connectivity index (χ1n) is 12.0. The Morgan fingerprint density at radius 1 is 1.03 bits per heavy atom. The van der Waals surface area contributed by atoms with E-state index in [2.05, 4.69) is 5.32 Å². The summed E-state index contributed by atoms with van der Waals surface area (Å²) in [6.07, 6.45) is 1.14. The summed E-state index contributed by atoms with van der Waals surface area (Å²) < 4.78 is 46.8. The number of ether oxygens (including phenoxy) is 1. The zero-order chi connectivity index (χ0) is 27.9. The number of methoxy groups -OCH3 is 1. The van der Waals surface area contributed by atoms with Crippen LogP contribution in [0.5, 0.6) is 5.75 Å². The number of nitrogens with one attached hydrogen (secondary N) is 1. The number of nitrogens with zero attached hydrogens (tertiary/aromatic N) is 2. The molecule has 0 fully saturated rings. The predicted molar refractivity (Wildman–Crippen MR) is 145 cm³/mol. The molecule has 1 atom stereocenters. The first-order valence-corrected chi connectivity index (χ1v) is 13.8. The highest BCUT2D eigenvalue weighted by atomic mass is 32.2. The van der Waals surface area contributed by atoms with Crippen molar-refractivity contribution < 1.29 is 27.1 Å². The van der Waals surface area contributed by atoms with Crippen molar-refractivity contribution in [3.8, 4) is 5.75 Å². The van der Waals surface area contributed by atoms with E-state index in [1.807, 2.05) is 30.3 Å². The quantitative estimate of drug-likeness (QED) is 0.402. The van der Waals surface area contributed by atoms with E-state index in [1.165, 1.54) is 37.3 Å². The lowest BCUT2D eigenvalue weighted by atomic mass is 10.0. The second kappa shape index (κ2) is 12.6. The molecule has 0 aliphatic heterocycles. The largest absolute Gasteiger partial charge is 0.495 e. The molecule has 0 heterocycles. The summed E-state index contributed by atoms with van der Waals surface area (Å²) in [7, 11) is -1.10. The Balaban J connectivity index is 2.08. The van der Waals surface area contributed by atoms with Crippen LogP contribution in [0.25, 0.3) is 0 Å². The van der Waals surface area contributed by atoms with Crippen molar-refractivity contribution >= 4 is 27.5 Å². The van der Waals surface area contributed by atoms with Crippen LogP contribution in [0.3, 0.4) is 0 Å². The Morgan fingerprint density at radius 2 is 1.68 bits per heavy atom. The summed E-state index contributed by atoms with van der Waals surface area (Å²) in [5, 5.41) is 2.58. The molecule has 38 heavy (non-hydrogen) atoms. The lowest BCUT2D eigenvalue weighted by Crippen LogP contribution is -2.53. The Hall–Kier alpha value is -3.92. The van der Waals surface area contributed by atoms with E-state index < -0.39 is 40.2 Å². The second-order valence-corrected chi connectivity index (χ2v) is 10.8. The molecule has 1 unspecified atom stereocenters. The fourth-order valence-corrected chi connectivity index (χ4v) is 4.97. The number of anilines is 1. The summed E-state index contributed by atoms with van der Waals surface area (Å²) in [5.74, 6) is -1.41. The zero-order valence-electron chi connectivity index (χ0n) is 21.8. The van der Waals surface area contributed by atoms with Gasteiger partial charge in [-0.3, -0.25) is 13.9 Å².